The van der Waals surface area contributed by atoms with Crippen LogP contribution in [0.25, 0.3) is 11.0 Å². The molecule has 1 aliphatic carbocycles. The van der Waals surface area contributed by atoms with E-state index in [1.807, 2.05) is 0 Å². The fourth-order valence-electron chi connectivity index (χ4n) is 2.81. The van der Waals surface area contributed by atoms with Gasteiger partial charge in [0.2, 0.25) is 5.52 Å². The molecule has 0 aliphatic heterocycles. The van der Waals surface area contributed by atoms with Crippen molar-refractivity contribution in [2.24, 2.45) is 5.92 Å². The highest BCUT2D eigenvalue weighted by molar-refractivity contribution is 5.93. The van der Waals surface area contributed by atoms with E-state index in [2.05, 4.69) is 20.3 Å². The Balaban J connectivity index is 1.80. The van der Waals surface area contributed by atoms with Crippen LogP contribution in [0.1, 0.15) is 25.7 Å². The van der Waals surface area contributed by atoms with Crippen molar-refractivity contribution in [3.05, 3.63) is 22.2 Å². The number of aliphatic hydroxyl groups excluding tert-OH is 1. The number of hydrogen-bond donors (Lipinski definition) is 2. The molecule has 3 rings (SSSR count). The van der Waals surface area contributed by atoms with E-state index in [4.69, 9.17) is 0 Å². The predicted octanol–water partition coefficient (Wildman–Crippen LogP) is 2.09. The number of hydrogen-bond acceptors (Lipinski definition) is 7. The number of fused-ring (bicyclic) bond motifs is 1. The van der Waals surface area contributed by atoms with Crippen molar-refractivity contribution in [2.45, 2.75) is 31.8 Å². The number of nitro benzene ring substituents is 1. The number of aromatic nitrogens is 2. The maximum absolute atomic E-state index is 10.9. The molecular formula is C13H16N4O4. The average Bonchev–Trinajstić information content (AvgIpc) is 2.95. The first-order valence-corrected chi connectivity index (χ1v) is 6.98. The summed E-state index contributed by atoms with van der Waals surface area (Å²) in [5, 5.41) is 31.4. The van der Waals surface area contributed by atoms with Crippen molar-refractivity contribution in [3.8, 4) is 0 Å². The molecule has 0 spiro atoms. The summed E-state index contributed by atoms with van der Waals surface area (Å²) in [6.45, 7) is 0.598. The number of rotatable bonds is 4. The third-order valence-electron chi connectivity index (χ3n) is 4.01. The minimum atomic E-state index is -0.513. The minimum absolute atomic E-state index is 0.130. The molecule has 2 atom stereocenters. The van der Waals surface area contributed by atoms with Gasteiger partial charge in [0, 0.05) is 18.5 Å². The standard InChI is InChI=1S/C13H16N4O4/c18-11-4-2-1-3-8(11)7-14-9-5-6-10(17(19)20)13-12(9)15-21-16-13/h5-6,8,11,14,18H,1-4,7H2. The Labute approximate surface area is 120 Å². The zero-order valence-electron chi connectivity index (χ0n) is 11.4. The van der Waals surface area contributed by atoms with E-state index < -0.39 is 4.92 Å². The second-order valence-corrected chi connectivity index (χ2v) is 5.34. The molecule has 8 nitrogen and oxygen atoms in total. The Bertz CT molecular complexity index is 657. The Morgan fingerprint density at radius 2 is 2.10 bits per heavy atom. The van der Waals surface area contributed by atoms with Crippen molar-refractivity contribution in [1.82, 2.24) is 10.3 Å². The van der Waals surface area contributed by atoms with Gasteiger partial charge in [0.05, 0.1) is 16.7 Å². The number of nitro groups is 1. The van der Waals surface area contributed by atoms with Gasteiger partial charge in [-0.05, 0) is 29.2 Å². The highest BCUT2D eigenvalue weighted by atomic mass is 16.6. The molecule has 0 saturated heterocycles. The molecule has 0 bridgehead atoms. The van der Waals surface area contributed by atoms with Gasteiger partial charge in [0.1, 0.15) is 0 Å². The van der Waals surface area contributed by atoms with Gasteiger partial charge in [0.15, 0.2) is 5.52 Å². The van der Waals surface area contributed by atoms with Crippen molar-refractivity contribution >= 4 is 22.4 Å². The molecule has 8 heteroatoms. The molecule has 0 radical (unpaired) electrons. The van der Waals surface area contributed by atoms with E-state index in [0.29, 0.717) is 17.7 Å². The predicted molar refractivity (Wildman–Crippen MR) is 74.9 cm³/mol. The van der Waals surface area contributed by atoms with E-state index in [1.165, 1.54) is 6.07 Å². The number of benzene rings is 1. The molecule has 112 valence electrons. The lowest BCUT2D eigenvalue weighted by Gasteiger charge is -2.27. The van der Waals surface area contributed by atoms with Crippen LogP contribution < -0.4 is 5.32 Å². The summed E-state index contributed by atoms with van der Waals surface area (Å²) in [6, 6.07) is 2.98. The highest BCUT2D eigenvalue weighted by Gasteiger charge is 2.24. The number of nitrogens with one attached hydrogen (secondary N) is 1. The first kappa shape index (κ1) is 13.7. The summed E-state index contributed by atoms with van der Waals surface area (Å²) in [7, 11) is 0. The van der Waals surface area contributed by atoms with Gasteiger partial charge in [0.25, 0.3) is 0 Å². The molecule has 1 aromatic heterocycles. The maximum atomic E-state index is 10.9. The monoisotopic (exact) mass is 292 g/mol. The lowest BCUT2D eigenvalue weighted by Crippen LogP contribution is -2.30. The van der Waals surface area contributed by atoms with Crippen LogP contribution >= 0.6 is 0 Å². The smallest absolute Gasteiger partial charge is 0.300 e. The average molecular weight is 292 g/mol. The molecule has 1 saturated carbocycles. The zero-order chi connectivity index (χ0) is 14.8. The van der Waals surface area contributed by atoms with Crippen molar-refractivity contribution in [1.29, 1.82) is 0 Å². The van der Waals surface area contributed by atoms with Crippen LogP contribution in [-0.4, -0.2) is 33.0 Å². The summed E-state index contributed by atoms with van der Waals surface area (Å²) < 4.78 is 4.62. The maximum Gasteiger partial charge on any atom is 0.300 e. The fourth-order valence-corrected chi connectivity index (χ4v) is 2.81. The van der Waals surface area contributed by atoms with Crippen LogP contribution in [0.3, 0.4) is 0 Å². The molecular weight excluding hydrogens is 276 g/mol. The van der Waals surface area contributed by atoms with Crippen LogP contribution in [0.5, 0.6) is 0 Å². The molecule has 21 heavy (non-hydrogen) atoms. The second kappa shape index (κ2) is 5.65. The largest absolute Gasteiger partial charge is 0.393 e. The van der Waals surface area contributed by atoms with Crippen molar-refractivity contribution < 1.29 is 14.7 Å². The Kier molecular flexibility index (Phi) is 3.70. The SMILES string of the molecule is O=[N+]([O-])c1ccc(NCC2CCCCC2O)c2nonc12. The fraction of sp³-hybridized carbons (Fsp3) is 0.538. The van der Waals surface area contributed by atoms with Crippen LogP contribution in [-0.2, 0) is 0 Å². The molecule has 1 aliphatic rings. The second-order valence-electron chi connectivity index (χ2n) is 5.34. The van der Waals surface area contributed by atoms with Crippen LogP contribution in [0.4, 0.5) is 11.4 Å². The first-order valence-electron chi connectivity index (χ1n) is 6.98. The van der Waals surface area contributed by atoms with Gasteiger partial charge in [-0.25, -0.2) is 4.63 Å². The number of non-ortho nitro benzene ring substituents is 1. The van der Waals surface area contributed by atoms with Gasteiger partial charge in [-0.15, -0.1) is 0 Å². The number of nitrogens with zero attached hydrogens (tertiary/aromatic N) is 3. The number of aliphatic hydroxyl groups is 1. The van der Waals surface area contributed by atoms with Gasteiger partial charge in [-0.2, -0.15) is 0 Å². The van der Waals surface area contributed by atoms with Crippen molar-refractivity contribution in [3.63, 3.8) is 0 Å². The van der Waals surface area contributed by atoms with E-state index >= 15 is 0 Å². The lowest BCUT2D eigenvalue weighted by molar-refractivity contribution is -0.383. The molecule has 1 aromatic carbocycles. The Morgan fingerprint density at radius 3 is 2.86 bits per heavy atom. The summed E-state index contributed by atoms with van der Waals surface area (Å²) in [5.41, 5.74) is 0.979. The van der Waals surface area contributed by atoms with Gasteiger partial charge >= 0.3 is 5.69 Å². The van der Waals surface area contributed by atoms with E-state index in [9.17, 15) is 15.2 Å². The van der Waals surface area contributed by atoms with E-state index in [-0.39, 0.29) is 23.2 Å². The van der Waals surface area contributed by atoms with Crippen LogP contribution in [0.2, 0.25) is 0 Å². The van der Waals surface area contributed by atoms with Crippen LogP contribution in [0, 0.1) is 16.0 Å². The Morgan fingerprint density at radius 1 is 1.33 bits per heavy atom. The zero-order valence-corrected chi connectivity index (χ0v) is 11.4. The van der Waals surface area contributed by atoms with Crippen molar-refractivity contribution in [2.75, 3.05) is 11.9 Å². The minimum Gasteiger partial charge on any atom is -0.393 e. The molecule has 2 unspecified atom stereocenters. The third-order valence-corrected chi connectivity index (χ3v) is 4.01. The van der Waals surface area contributed by atoms with Gasteiger partial charge < -0.3 is 10.4 Å². The normalized spacial score (nSPS) is 22.3. The van der Waals surface area contributed by atoms with E-state index in [1.54, 1.807) is 6.07 Å². The summed E-state index contributed by atoms with van der Waals surface area (Å²) >= 11 is 0. The highest BCUT2D eigenvalue weighted by Crippen LogP contribution is 2.30. The lowest BCUT2D eigenvalue weighted by atomic mass is 9.86. The van der Waals surface area contributed by atoms with Gasteiger partial charge in [-0.3, -0.25) is 10.1 Å². The molecule has 1 fully saturated rings. The van der Waals surface area contributed by atoms with E-state index in [0.717, 1.165) is 25.7 Å². The first-order chi connectivity index (χ1) is 10.2. The molecule has 2 N–H and O–H groups in total. The summed E-state index contributed by atoms with van der Waals surface area (Å²) in [5.74, 6) is 0.184. The topological polar surface area (TPSA) is 114 Å². The molecule has 1 heterocycles. The third kappa shape index (κ3) is 2.66. The quantitative estimate of drug-likeness (QED) is 0.655. The molecule has 2 aromatic rings. The van der Waals surface area contributed by atoms with Crippen LogP contribution in [0.15, 0.2) is 16.8 Å². The number of anilines is 1. The molecule has 0 amide bonds. The summed E-state index contributed by atoms with van der Waals surface area (Å²) in [6.07, 6.45) is 3.68. The van der Waals surface area contributed by atoms with Gasteiger partial charge in [-0.1, -0.05) is 12.8 Å². The summed E-state index contributed by atoms with van der Waals surface area (Å²) in [4.78, 5) is 10.4. The Hall–Kier alpha value is -2.22.